The van der Waals surface area contributed by atoms with Crippen molar-refractivity contribution in [3.8, 4) is 5.88 Å². The van der Waals surface area contributed by atoms with Crippen molar-refractivity contribution in [1.82, 2.24) is 20.2 Å². The molecule has 5 rings (SSSR count). The lowest BCUT2D eigenvalue weighted by Crippen LogP contribution is -2.43. The smallest absolute Gasteiger partial charge is 0.422 e. The Morgan fingerprint density at radius 1 is 1.15 bits per heavy atom. The quantitative estimate of drug-likeness (QED) is 0.367. The zero-order chi connectivity index (χ0) is 27.6. The Morgan fingerprint density at radius 3 is 2.69 bits per heavy atom. The van der Waals surface area contributed by atoms with E-state index in [1.54, 1.807) is 17.4 Å². The van der Waals surface area contributed by atoms with E-state index >= 15 is 4.39 Å². The fourth-order valence-corrected chi connectivity index (χ4v) is 6.22. The van der Waals surface area contributed by atoms with Gasteiger partial charge in [-0.1, -0.05) is 6.07 Å². The molecule has 0 saturated heterocycles. The number of aromatic nitrogens is 2. The van der Waals surface area contributed by atoms with Crippen molar-refractivity contribution in [3.05, 3.63) is 52.2 Å². The summed E-state index contributed by atoms with van der Waals surface area (Å²) in [6.07, 6.45) is -0.715. The van der Waals surface area contributed by atoms with Crippen LogP contribution in [-0.4, -0.2) is 64.9 Å². The van der Waals surface area contributed by atoms with E-state index in [1.807, 2.05) is 25.1 Å². The Morgan fingerprint density at radius 2 is 1.92 bits per heavy atom. The number of aryl methyl sites for hydroxylation is 1. The fourth-order valence-electron chi connectivity index (χ4n) is 5.41. The van der Waals surface area contributed by atoms with E-state index < -0.39 is 18.5 Å². The number of hydrogen-bond acceptors (Lipinski definition) is 6. The van der Waals surface area contributed by atoms with Gasteiger partial charge in [0.1, 0.15) is 5.67 Å². The molecule has 210 valence electrons. The van der Waals surface area contributed by atoms with Crippen LogP contribution in [0.15, 0.2) is 30.3 Å². The first-order valence-electron chi connectivity index (χ1n) is 13.3. The highest BCUT2D eigenvalue weighted by Gasteiger charge is 2.36. The number of nitrogens with one attached hydrogen (secondary N) is 1. The highest BCUT2D eigenvalue weighted by Crippen LogP contribution is 2.35. The van der Waals surface area contributed by atoms with Crippen LogP contribution in [0.25, 0.3) is 10.2 Å². The minimum atomic E-state index is -4.41. The van der Waals surface area contributed by atoms with E-state index in [0.29, 0.717) is 63.6 Å². The molecule has 1 aliphatic heterocycles. The molecular formula is C28H32F4N4O2S. The van der Waals surface area contributed by atoms with Crippen LogP contribution in [0.4, 0.5) is 17.6 Å². The highest BCUT2D eigenvalue weighted by atomic mass is 32.1. The minimum absolute atomic E-state index is 0.0233. The van der Waals surface area contributed by atoms with Crippen LogP contribution < -0.4 is 10.1 Å². The molecule has 0 spiro atoms. The van der Waals surface area contributed by atoms with Gasteiger partial charge in [-0.25, -0.2) is 14.4 Å². The van der Waals surface area contributed by atoms with Crippen molar-refractivity contribution in [2.45, 2.75) is 69.8 Å². The molecular weight excluding hydrogens is 532 g/mol. The van der Waals surface area contributed by atoms with E-state index in [4.69, 9.17) is 4.74 Å². The maximum atomic E-state index is 15.7. The second-order valence-corrected chi connectivity index (χ2v) is 11.8. The van der Waals surface area contributed by atoms with Crippen LogP contribution in [-0.2, 0) is 12.8 Å². The maximum Gasteiger partial charge on any atom is 0.422 e. The van der Waals surface area contributed by atoms with E-state index in [0.717, 1.165) is 33.0 Å². The molecule has 3 aromatic rings. The van der Waals surface area contributed by atoms with Gasteiger partial charge in [-0.15, -0.1) is 11.3 Å². The molecule has 1 fully saturated rings. The normalized spacial score (nSPS) is 22.3. The monoisotopic (exact) mass is 564 g/mol. The van der Waals surface area contributed by atoms with Crippen molar-refractivity contribution in [1.29, 1.82) is 0 Å². The topological polar surface area (TPSA) is 67.4 Å². The fraction of sp³-hybridized carbons (Fsp3) is 0.536. The third kappa shape index (κ3) is 7.25. The second-order valence-electron chi connectivity index (χ2n) is 10.6. The lowest BCUT2D eigenvalue weighted by Gasteiger charge is -2.35. The molecule has 3 heterocycles. The number of fused-ring (bicyclic) bond motifs is 2. The van der Waals surface area contributed by atoms with E-state index in [9.17, 15) is 18.0 Å². The average molecular weight is 565 g/mol. The molecule has 2 aromatic heterocycles. The zero-order valence-corrected chi connectivity index (χ0v) is 22.6. The van der Waals surface area contributed by atoms with Crippen molar-refractivity contribution in [3.63, 3.8) is 0 Å². The van der Waals surface area contributed by atoms with Gasteiger partial charge >= 0.3 is 6.18 Å². The number of carbonyl (C=O) groups is 1. The Kier molecular flexibility index (Phi) is 8.09. The number of nitrogens with zero attached hydrogens (tertiary/aromatic N) is 3. The highest BCUT2D eigenvalue weighted by molar-refractivity contribution is 7.18. The first-order valence-corrected chi connectivity index (χ1v) is 14.1. The van der Waals surface area contributed by atoms with Crippen molar-refractivity contribution < 1.29 is 27.1 Å². The number of halogens is 4. The average Bonchev–Trinajstić information content (AvgIpc) is 3.15. The molecule has 6 nitrogen and oxygen atoms in total. The lowest BCUT2D eigenvalue weighted by molar-refractivity contribution is -0.154. The molecule has 0 atom stereocenters. The molecule has 1 saturated carbocycles. The van der Waals surface area contributed by atoms with E-state index in [2.05, 4.69) is 20.2 Å². The van der Waals surface area contributed by atoms with Gasteiger partial charge in [0.05, 0.1) is 15.2 Å². The molecule has 1 aliphatic carbocycles. The Balaban J connectivity index is 1.07. The number of thiazole rings is 1. The summed E-state index contributed by atoms with van der Waals surface area (Å²) in [5.41, 5.74) is 1.85. The van der Waals surface area contributed by atoms with Gasteiger partial charge in [0.25, 0.3) is 5.91 Å². The van der Waals surface area contributed by atoms with Crippen molar-refractivity contribution in [2.24, 2.45) is 0 Å². The standard InChI is InChI=1S/C28H32F4N4O2S/c1-18-33-23-16-20(2-4-24(23)39-18)26(37)34-21-6-10-27(29,11-7-21)12-15-36-13-8-19-3-5-25(35-22(19)9-14-36)38-17-28(30,31)32/h2-5,16,21H,6-15,17H2,1H3,(H,34,37). The number of ether oxygens (including phenoxy) is 1. The Hall–Kier alpha value is -2.79. The molecule has 2 aliphatic rings. The summed E-state index contributed by atoms with van der Waals surface area (Å²) >= 11 is 1.59. The molecule has 0 unspecified atom stereocenters. The number of rotatable bonds is 7. The van der Waals surface area contributed by atoms with Crippen molar-refractivity contribution in [2.75, 3.05) is 26.2 Å². The largest absolute Gasteiger partial charge is 0.468 e. The number of hydrogen-bond donors (Lipinski definition) is 1. The number of carbonyl (C=O) groups excluding carboxylic acids is 1. The van der Waals surface area contributed by atoms with Crippen LogP contribution in [0.2, 0.25) is 0 Å². The van der Waals surface area contributed by atoms with Crippen molar-refractivity contribution >= 4 is 27.5 Å². The number of benzene rings is 1. The van der Waals surface area contributed by atoms with Gasteiger partial charge < -0.3 is 15.0 Å². The predicted molar refractivity (Wildman–Crippen MR) is 142 cm³/mol. The number of amides is 1. The summed E-state index contributed by atoms with van der Waals surface area (Å²) < 4.78 is 58.9. The summed E-state index contributed by atoms with van der Waals surface area (Å²) in [5.74, 6) is -0.173. The molecule has 1 aromatic carbocycles. The molecule has 39 heavy (non-hydrogen) atoms. The van der Waals surface area contributed by atoms with Crippen LogP contribution in [0, 0.1) is 6.92 Å². The van der Waals surface area contributed by atoms with Gasteiger partial charge in [0, 0.05) is 49.4 Å². The van der Waals surface area contributed by atoms with Gasteiger partial charge in [0.2, 0.25) is 5.88 Å². The second kappa shape index (κ2) is 11.4. The van der Waals surface area contributed by atoms with Crippen LogP contribution >= 0.6 is 11.3 Å². The number of pyridine rings is 1. The van der Waals surface area contributed by atoms with Gasteiger partial charge in [-0.2, -0.15) is 13.2 Å². The SMILES string of the molecule is Cc1nc2cc(C(=O)NC3CCC(F)(CCN4CCc5ccc(OCC(F)(F)F)nc5CC4)CC3)ccc2s1. The van der Waals surface area contributed by atoms with Crippen LogP contribution in [0.3, 0.4) is 0 Å². The van der Waals surface area contributed by atoms with Crippen LogP contribution in [0.1, 0.15) is 58.7 Å². The van der Waals surface area contributed by atoms with Gasteiger partial charge in [0.15, 0.2) is 6.61 Å². The molecule has 1 amide bonds. The summed E-state index contributed by atoms with van der Waals surface area (Å²) in [4.78, 5) is 23.7. The Bertz CT molecular complexity index is 1320. The van der Waals surface area contributed by atoms with E-state index in [1.165, 1.54) is 6.07 Å². The Labute approximate surface area is 228 Å². The van der Waals surface area contributed by atoms with E-state index in [-0.39, 0.29) is 17.8 Å². The van der Waals surface area contributed by atoms with Crippen LogP contribution in [0.5, 0.6) is 5.88 Å². The molecule has 0 bridgehead atoms. The first kappa shape index (κ1) is 27.8. The predicted octanol–water partition coefficient (Wildman–Crippen LogP) is 5.81. The molecule has 11 heteroatoms. The maximum absolute atomic E-state index is 15.7. The molecule has 0 radical (unpaired) electrons. The zero-order valence-electron chi connectivity index (χ0n) is 21.8. The summed E-state index contributed by atoms with van der Waals surface area (Å²) in [6, 6.07) is 8.73. The van der Waals surface area contributed by atoms with Gasteiger partial charge in [-0.3, -0.25) is 4.79 Å². The summed E-state index contributed by atoms with van der Waals surface area (Å²) in [5, 5.41) is 4.03. The number of alkyl halides is 4. The summed E-state index contributed by atoms with van der Waals surface area (Å²) in [7, 11) is 0. The third-order valence-corrected chi connectivity index (χ3v) is 8.59. The minimum Gasteiger partial charge on any atom is -0.468 e. The molecule has 1 N–H and O–H groups in total. The first-order chi connectivity index (χ1) is 18.6. The lowest BCUT2D eigenvalue weighted by atomic mass is 9.81. The summed E-state index contributed by atoms with van der Waals surface area (Å²) in [6.45, 7) is 2.59. The van der Waals surface area contributed by atoms with Gasteiger partial charge in [-0.05, 0) is 69.2 Å². The third-order valence-electron chi connectivity index (χ3n) is 7.64.